The molecule has 3 rings (SSSR count). The van der Waals surface area contributed by atoms with Crippen LogP contribution in [0.5, 0.6) is 0 Å². The Morgan fingerprint density at radius 2 is 1.77 bits per heavy atom. The highest BCUT2D eigenvalue weighted by atomic mass is 35.5. The number of anilines is 1. The van der Waals surface area contributed by atoms with Crippen molar-refractivity contribution in [1.82, 2.24) is 5.32 Å². The summed E-state index contributed by atoms with van der Waals surface area (Å²) in [4.78, 5) is 12.4. The van der Waals surface area contributed by atoms with Crippen LogP contribution in [0.2, 0.25) is 5.02 Å². The number of halogens is 1. The van der Waals surface area contributed by atoms with E-state index in [1.807, 2.05) is 31.2 Å². The number of amides is 1. The molecule has 0 radical (unpaired) electrons. The van der Waals surface area contributed by atoms with Crippen molar-refractivity contribution < 1.29 is 13.2 Å². The van der Waals surface area contributed by atoms with Gasteiger partial charge in [-0.3, -0.25) is 9.52 Å². The molecule has 3 aromatic rings. The number of sulfonamides is 1. The molecule has 1 amide bonds. The SMILES string of the molecule is Cc1cccc(NS(=O)(=O)c2cc(C(=O)NCCSCc3ccccc3)ccc2Cl)c1. The number of benzene rings is 3. The standard InChI is InChI=1S/C23H23ClN2O3S2/c1-17-6-5-9-20(14-17)26-31(28,29)22-15-19(10-11-21(22)24)23(27)25-12-13-30-16-18-7-3-2-4-8-18/h2-11,14-15,26H,12-13,16H2,1H3,(H,25,27). The summed E-state index contributed by atoms with van der Waals surface area (Å²) in [5.41, 5.74) is 2.82. The predicted molar refractivity (Wildman–Crippen MR) is 128 cm³/mol. The molecule has 0 atom stereocenters. The lowest BCUT2D eigenvalue weighted by Gasteiger charge is -2.12. The average molecular weight is 475 g/mol. The summed E-state index contributed by atoms with van der Waals surface area (Å²) in [6, 6.07) is 21.3. The van der Waals surface area contributed by atoms with Crippen LogP contribution in [0.3, 0.4) is 0 Å². The van der Waals surface area contributed by atoms with Crippen LogP contribution in [0.4, 0.5) is 5.69 Å². The summed E-state index contributed by atoms with van der Waals surface area (Å²) in [5.74, 6) is 1.27. The minimum atomic E-state index is -3.94. The number of carbonyl (C=O) groups is 1. The van der Waals surface area contributed by atoms with E-state index in [0.29, 0.717) is 12.2 Å². The van der Waals surface area contributed by atoms with Gasteiger partial charge >= 0.3 is 0 Å². The second kappa shape index (κ2) is 10.7. The summed E-state index contributed by atoms with van der Waals surface area (Å²) in [6.07, 6.45) is 0. The zero-order chi connectivity index (χ0) is 22.3. The number of hydrogen-bond donors (Lipinski definition) is 2. The van der Waals surface area contributed by atoms with Crippen LogP contribution in [0.25, 0.3) is 0 Å². The molecular weight excluding hydrogens is 452 g/mol. The Bertz CT molecular complexity index is 1150. The maximum absolute atomic E-state index is 12.8. The lowest BCUT2D eigenvalue weighted by Crippen LogP contribution is -2.26. The van der Waals surface area contributed by atoms with Crippen LogP contribution in [-0.4, -0.2) is 26.6 Å². The normalized spacial score (nSPS) is 11.2. The molecule has 8 heteroatoms. The van der Waals surface area contributed by atoms with E-state index in [0.717, 1.165) is 17.1 Å². The van der Waals surface area contributed by atoms with Gasteiger partial charge in [-0.2, -0.15) is 11.8 Å². The van der Waals surface area contributed by atoms with Gasteiger partial charge in [-0.1, -0.05) is 54.1 Å². The first-order chi connectivity index (χ1) is 14.8. The van der Waals surface area contributed by atoms with Crippen molar-refractivity contribution in [2.75, 3.05) is 17.0 Å². The van der Waals surface area contributed by atoms with Crippen LogP contribution >= 0.6 is 23.4 Å². The minimum absolute atomic E-state index is 0.0510. The molecule has 5 nitrogen and oxygen atoms in total. The van der Waals surface area contributed by atoms with Gasteiger partial charge in [0.2, 0.25) is 0 Å². The number of aryl methyl sites for hydroxylation is 1. The quantitative estimate of drug-likeness (QED) is 0.422. The summed E-state index contributed by atoms with van der Waals surface area (Å²) >= 11 is 7.85. The van der Waals surface area contributed by atoms with Crippen molar-refractivity contribution in [2.24, 2.45) is 0 Å². The average Bonchev–Trinajstić information content (AvgIpc) is 2.74. The van der Waals surface area contributed by atoms with Crippen LogP contribution in [-0.2, 0) is 15.8 Å². The molecular formula is C23H23ClN2O3S2. The van der Waals surface area contributed by atoms with E-state index in [9.17, 15) is 13.2 Å². The summed E-state index contributed by atoms with van der Waals surface area (Å²) in [6.45, 7) is 2.34. The van der Waals surface area contributed by atoms with E-state index in [1.54, 1.807) is 30.0 Å². The lowest BCUT2D eigenvalue weighted by molar-refractivity contribution is 0.0956. The third-order valence-electron chi connectivity index (χ3n) is 4.40. The molecule has 0 saturated carbocycles. The van der Waals surface area contributed by atoms with Gasteiger partial charge in [-0.05, 0) is 48.4 Å². The number of carbonyl (C=O) groups excluding carboxylic acids is 1. The maximum Gasteiger partial charge on any atom is 0.263 e. The molecule has 0 fully saturated rings. The molecule has 0 spiro atoms. The minimum Gasteiger partial charge on any atom is -0.351 e. The number of rotatable bonds is 9. The summed E-state index contributed by atoms with van der Waals surface area (Å²) < 4.78 is 28.1. The molecule has 0 aliphatic rings. The van der Waals surface area contributed by atoms with Crippen molar-refractivity contribution in [2.45, 2.75) is 17.6 Å². The maximum atomic E-state index is 12.8. The molecule has 31 heavy (non-hydrogen) atoms. The van der Waals surface area contributed by atoms with Gasteiger partial charge in [0.1, 0.15) is 4.90 Å². The van der Waals surface area contributed by atoms with Crippen LogP contribution in [0.15, 0.2) is 77.7 Å². The molecule has 0 heterocycles. The van der Waals surface area contributed by atoms with Crippen LogP contribution < -0.4 is 10.0 Å². The van der Waals surface area contributed by atoms with Gasteiger partial charge in [0, 0.05) is 29.3 Å². The molecule has 0 aromatic heterocycles. The van der Waals surface area contributed by atoms with Gasteiger partial charge in [0.25, 0.3) is 15.9 Å². The molecule has 2 N–H and O–H groups in total. The van der Waals surface area contributed by atoms with Gasteiger partial charge in [-0.15, -0.1) is 0 Å². The van der Waals surface area contributed by atoms with E-state index in [1.165, 1.54) is 23.8 Å². The molecule has 0 unspecified atom stereocenters. The van der Waals surface area contributed by atoms with Crippen LogP contribution in [0.1, 0.15) is 21.5 Å². The fourth-order valence-corrected chi connectivity index (χ4v) is 5.27. The smallest absolute Gasteiger partial charge is 0.263 e. The van der Waals surface area contributed by atoms with Crippen molar-refractivity contribution >= 4 is 45.0 Å². The monoisotopic (exact) mass is 474 g/mol. The van der Waals surface area contributed by atoms with Gasteiger partial charge < -0.3 is 5.32 Å². The first-order valence-electron chi connectivity index (χ1n) is 9.64. The first kappa shape index (κ1) is 23.2. The third kappa shape index (κ3) is 6.75. The summed E-state index contributed by atoms with van der Waals surface area (Å²) in [5, 5.41) is 2.87. The Kier molecular flexibility index (Phi) is 8.01. The molecule has 3 aromatic carbocycles. The number of thioether (sulfide) groups is 1. The number of nitrogens with one attached hydrogen (secondary N) is 2. The van der Waals surface area contributed by atoms with E-state index < -0.39 is 10.0 Å². The van der Waals surface area contributed by atoms with E-state index in [-0.39, 0.29) is 21.4 Å². The molecule has 0 aliphatic heterocycles. The first-order valence-corrected chi connectivity index (χ1v) is 12.7. The molecule has 162 valence electrons. The van der Waals surface area contributed by atoms with Crippen molar-refractivity contribution in [3.05, 3.63) is 94.5 Å². The molecule has 0 aliphatic carbocycles. The Labute approximate surface area is 192 Å². The second-order valence-electron chi connectivity index (χ2n) is 6.91. The van der Waals surface area contributed by atoms with Crippen LogP contribution in [0, 0.1) is 6.92 Å². The highest BCUT2D eigenvalue weighted by Crippen LogP contribution is 2.25. The number of hydrogen-bond acceptors (Lipinski definition) is 4. The van der Waals surface area contributed by atoms with Gasteiger partial charge in [0.15, 0.2) is 0 Å². The fraction of sp³-hybridized carbons (Fsp3) is 0.174. The van der Waals surface area contributed by atoms with Gasteiger partial charge in [-0.25, -0.2) is 8.42 Å². The zero-order valence-corrected chi connectivity index (χ0v) is 19.4. The van der Waals surface area contributed by atoms with Crippen molar-refractivity contribution in [3.63, 3.8) is 0 Å². The molecule has 0 saturated heterocycles. The highest BCUT2D eigenvalue weighted by molar-refractivity contribution is 7.98. The topological polar surface area (TPSA) is 75.3 Å². The lowest BCUT2D eigenvalue weighted by atomic mass is 10.2. The third-order valence-corrected chi connectivity index (χ3v) is 7.29. The van der Waals surface area contributed by atoms with E-state index in [4.69, 9.17) is 11.6 Å². The fourth-order valence-electron chi connectivity index (χ4n) is 2.87. The van der Waals surface area contributed by atoms with Gasteiger partial charge in [0.05, 0.1) is 5.02 Å². The largest absolute Gasteiger partial charge is 0.351 e. The highest BCUT2D eigenvalue weighted by Gasteiger charge is 2.20. The van der Waals surface area contributed by atoms with Crippen molar-refractivity contribution in [3.8, 4) is 0 Å². The molecule has 0 bridgehead atoms. The zero-order valence-electron chi connectivity index (χ0n) is 17.0. The predicted octanol–water partition coefficient (Wildman–Crippen LogP) is 5.11. The van der Waals surface area contributed by atoms with E-state index in [2.05, 4.69) is 22.2 Å². The Morgan fingerprint density at radius 1 is 1.00 bits per heavy atom. The Hall–Kier alpha value is -2.48. The second-order valence-corrected chi connectivity index (χ2v) is 10.1. The van der Waals surface area contributed by atoms with Crippen molar-refractivity contribution in [1.29, 1.82) is 0 Å². The summed E-state index contributed by atoms with van der Waals surface area (Å²) in [7, 11) is -3.94. The Balaban J connectivity index is 1.61. The Morgan fingerprint density at radius 3 is 2.52 bits per heavy atom. The van der Waals surface area contributed by atoms with E-state index >= 15 is 0 Å².